The fraction of sp³-hybridized carbons (Fsp3) is 0.474. The van der Waals surface area contributed by atoms with E-state index >= 15 is 0 Å². The summed E-state index contributed by atoms with van der Waals surface area (Å²) in [5, 5.41) is 11.0. The summed E-state index contributed by atoms with van der Waals surface area (Å²) in [5.74, 6) is 0.829. The largest absolute Gasteiger partial charge is 0.379 e. The summed E-state index contributed by atoms with van der Waals surface area (Å²) in [4.78, 5) is 6.71. The van der Waals surface area contributed by atoms with Crippen LogP contribution in [0.4, 0.5) is 0 Å². The minimum Gasteiger partial charge on any atom is -0.379 e. The number of hydrogen-bond donors (Lipinski definition) is 2. The highest BCUT2D eigenvalue weighted by Gasteiger charge is 2.09. The Hall–Kier alpha value is -2.38. The first-order valence-electron chi connectivity index (χ1n) is 9.13. The van der Waals surface area contributed by atoms with Gasteiger partial charge in [0.25, 0.3) is 0 Å². The van der Waals surface area contributed by atoms with Crippen molar-refractivity contribution in [3.63, 3.8) is 0 Å². The third-order valence-corrected chi connectivity index (χ3v) is 4.40. The van der Waals surface area contributed by atoms with E-state index in [4.69, 9.17) is 4.74 Å². The van der Waals surface area contributed by atoms with Crippen LogP contribution in [0.3, 0.4) is 0 Å². The lowest BCUT2D eigenvalue weighted by Gasteiger charge is -2.26. The minimum atomic E-state index is 0.740. The van der Waals surface area contributed by atoms with Gasteiger partial charge in [-0.25, -0.2) is 0 Å². The molecule has 140 valence electrons. The van der Waals surface area contributed by atoms with Gasteiger partial charge in [0, 0.05) is 52.2 Å². The first-order valence-corrected chi connectivity index (χ1v) is 9.13. The van der Waals surface area contributed by atoms with Gasteiger partial charge in [0.15, 0.2) is 5.96 Å². The summed E-state index contributed by atoms with van der Waals surface area (Å²) >= 11 is 0. The van der Waals surface area contributed by atoms with Gasteiger partial charge in [0.05, 0.1) is 19.8 Å². The highest BCUT2D eigenvalue weighted by molar-refractivity contribution is 5.79. The summed E-state index contributed by atoms with van der Waals surface area (Å²) in [6.45, 7) is 7.09. The molecule has 0 radical (unpaired) electrons. The molecule has 3 rings (SSSR count). The number of nitrogens with one attached hydrogen (secondary N) is 2. The van der Waals surface area contributed by atoms with E-state index in [1.165, 1.54) is 11.1 Å². The van der Waals surface area contributed by atoms with Gasteiger partial charge >= 0.3 is 0 Å². The molecule has 1 aliphatic heterocycles. The molecule has 2 aromatic rings. The Balaban J connectivity index is 1.43. The molecule has 1 fully saturated rings. The number of hydrogen-bond acceptors (Lipinski definition) is 4. The maximum atomic E-state index is 5.37. The molecular formula is C19H28N6O. The van der Waals surface area contributed by atoms with Gasteiger partial charge in [-0.15, -0.1) is 0 Å². The topological polar surface area (TPSA) is 66.7 Å². The molecule has 0 bridgehead atoms. The van der Waals surface area contributed by atoms with Gasteiger partial charge in [0.2, 0.25) is 0 Å². The second-order valence-corrected chi connectivity index (χ2v) is 6.33. The van der Waals surface area contributed by atoms with Gasteiger partial charge in [-0.3, -0.25) is 14.6 Å². The number of benzene rings is 1. The average molecular weight is 356 g/mol. The standard InChI is InChI=1S/C19H28N6O/c1-20-19(21-7-9-24-10-12-26-13-11-24)22-15-17-4-2-5-18(14-17)16-25-8-3-6-23-25/h2-6,8,14H,7,9-13,15-16H2,1H3,(H2,20,21,22). The fourth-order valence-corrected chi connectivity index (χ4v) is 2.98. The van der Waals surface area contributed by atoms with E-state index < -0.39 is 0 Å². The Morgan fingerprint density at radius 3 is 2.81 bits per heavy atom. The van der Waals surface area contributed by atoms with Crippen molar-refractivity contribution in [3.05, 3.63) is 53.9 Å². The molecule has 0 saturated carbocycles. The first-order chi connectivity index (χ1) is 12.8. The molecule has 0 unspecified atom stereocenters. The Kier molecular flexibility index (Phi) is 7.04. The molecule has 0 aliphatic carbocycles. The molecule has 1 aliphatic rings. The molecule has 1 saturated heterocycles. The molecule has 26 heavy (non-hydrogen) atoms. The fourth-order valence-electron chi connectivity index (χ4n) is 2.98. The zero-order chi connectivity index (χ0) is 18.0. The lowest BCUT2D eigenvalue weighted by atomic mass is 10.1. The number of aliphatic imine (C=N–C) groups is 1. The van der Waals surface area contributed by atoms with Crippen LogP contribution in [-0.4, -0.2) is 67.1 Å². The van der Waals surface area contributed by atoms with Crippen molar-refractivity contribution in [1.29, 1.82) is 0 Å². The number of nitrogens with zero attached hydrogens (tertiary/aromatic N) is 4. The molecule has 2 heterocycles. The maximum absolute atomic E-state index is 5.37. The summed E-state index contributed by atoms with van der Waals surface area (Å²) in [5.41, 5.74) is 2.47. The minimum absolute atomic E-state index is 0.740. The zero-order valence-electron chi connectivity index (χ0n) is 15.4. The number of aromatic nitrogens is 2. The predicted octanol–water partition coefficient (Wildman–Crippen LogP) is 0.929. The lowest BCUT2D eigenvalue weighted by molar-refractivity contribution is 0.0389. The van der Waals surface area contributed by atoms with Crippen LogP contribution in [0.15, 0.2) is 47.7 Å². The smallest absolute Gasteiger partial charge is 0.191 e. The van der Waals surface area contributed by atoms with Crippen LogP contribution in [0.5, 0.6) is 0 Å². The molecule has 0 amide bonds. The molecule has 2 N–H and O–H groups in total. The molecule has 1 aromatic heterocycles. The van der Waals surface area contributed by atoms with E-state index in [2.05, 4.69) is 49.9 Å². The van der Waals surface area contributed by atoms with Crippen LogP contribution < -0.4 is 10.6 Å². The Morgan fingerprint density at radius 1 is 1.19 bits per heavy atom. The Morgan fingerprint density at radius 2 is 2.04 bits per heavy atom. The van der Waals surface area contributed by atoms with Crippen LogP contribution in [0.25, 0.3) is 0 Å². The third-order valence-electron chi connectivity index (χ3n) is 4.40. The Labute approximate surface area is 155 Å². The van der Waals surface area contributed by atoms with Gasteiger partial charge in [-0.1, -0.05) is 24.3 Å². The number of morpholine rings is 1. The van der Waals surface area contributed by atoms with Crippen molar-refractivity contribution < 1.29 is 4.74 Å². The Bertz CT molecular complexity index is 679. The monoisotopic (exact) mass is 356 g/mol. The SMILES string of the molecule is CN=C(NCCN1CCOCC1)NCc1cccc(Cn2cccn2)c1. The van der Waals surface area contributed by atoms with Crippen LogP contribution in [-0.2, 0) is 17.8 Å². The molecule has 1 aromatic carbocycles. The quantitative estimate of drug-likeness (QED) is 0.571. The first kappa shape index (κ1) is 18.4. The van der Waals surface area contributed by atoms with Crippen LogP contribution in [0.2, 0.25) is 0 Å². The average Bonchev–Trinajstić information content (AvgIpc) is 3.18. The molecule has 0 atom stereocenters. The zero-order valence-corrected chi connectivity index (χ0v) is 15.4. The van der Waals surface area contributed by atoms with Crippen LogP contribution in [0, 0.1) is 0 Å². The summed E-state index contributed by atoms with van der Waals surface area (Å²) in [7, 11) is 1.80. The highest BCUT2D eigenvalue weighted by Crippen LogP contribution is 2.07. The van der Waals surface area contributed by atoms with Gasteiger partial charge in [0.1, 0.15) is 0 Å². The van der Waals surface area contributed by atoms with Crippen molar-refractivity contribution in [3.8, 4) is 0 Å². The van der Waals surface area contributed by atoms with Crippen LogP contribution in [0.1, 0.15) is 11.1 Å². The number of guanidine groups is 1. The number of ether oxygens (including phenoxy) is 1. The van der Waals surface area contributed by atoms with E-state index in [1.54, 1.807) is 13.2 Å². The van der Waals surface area contributed by atoms with Crippen molar-refractivity contribution >= 4 is 5.96 Å². The van der Waals surface area contributed by atoms with E-state index in [0.717, 1.165) is 58.4 Å². The molecular weight excluding hydrogens is 328 g/mol. The van der Waals surface area contributed by atoms with Crippen molar-refractivity contribution in [2.75, 3.05) is 46.4 Å². The summed E-state index contributed by atoms with van der Waals surface area (Å²) < 4.78 is 7.30. The van der Waals surface area contributed by atoms with E-state index in [-0.39, 0.29) is 0 Å². The van der Waals surface area contributed by atoms with Crippen molar-refractivity contribution in [2.24, 2.45) is 4.99 Å². The summed E-state index contributed by atoms with van der Waals surface area (Å²) in [6, 6.07) is 10.5. The second-order valence-electron chi connectivity index (χ2n) is 6.33. The van der Waals surface area contributed by atoms with E-state index in [9.17, 15) is 0 Å². The lowest BCUT2D eigenvalue weighted by Crippen LogP contribution is -2.44. The van der Waals surface area contributed by atoms with Crippen LogP contribution >= 0.6 is 0 Å². The summed E-state index contributed by atoms with van der Waals surface area (Å²) in [6.07, 6.45) is 3.78. The second kappa shape index (κ2) is 9.94. The maximum Gasteiger partial charge on any atom is 0.191 e. The van der Waals surface area contributed by atoms with Gasteiger partial charge in [-0.2, -0.15) is 5.10 Å². The van der Waals surface area contributed by atoms with E-state index in [0.29, 0.717) is 0 Å². The number of rotatable bonds is 7. The van der Waals surface area contributed by atoms with Crippen molar-refractivity contribution in [2.45, 2.75) is 13.1 Å². The van der Waals surface area contributed by atoms with Gasteiger partial charge < -0.3 is 15.4 Å². The van der Waals surface area contributed by atoms with Crippen molar-refractivity contribution in [1.82, 2.24) is 25.3 Å². The van der Waals surface area contributed by atoms with E-state index in [1.807, 2.05) is 16.9 Å². The predicted molar refractivity (Wildman–Crippen MR) is 103 cm³/mol. The third kappa shape index (κ3) is 5.86. The molecule has 7 nitrogen and oxygen atoms in total. The normalized spacial score (nSPS) is 15.8. The van der Waals surface area contributed by atoms with Gasteiger partial charge in [-0.05, 0) is 17.2 Å². The molecule has 7 heteroatoms. The molecule has 0 spiro atoms. The highest BCUT2D eigenvalue weighted by atomic mass is 16.5.